The van der Waals surface area contributed by atoms with Crippen LogP contribution in [0.3, 0.4) is 0 Å². The Morgan fingerprint density at radius 3 is 2.40 bits per heavy atom. The number of nitrogens with one attached hydrogen (secondary N) is 1. The first kappa shape index (κ1) is 10.6. The standard InChI is InChI=1S/C10H4N6O4/c17-7-3-4(6(14-7)10-16-12-2-20-10)8(18)13-5(3)9-15-11-1-19-9/h1-2,13,18H. The van der Waals surface area contributed by atoms with Crippen LogP contribution in [0.2, 0.25) is 0 Å². The molecule has 1 aliphatic rings. The Labute approximate surface area is 109 Å². The number of aromatic nitrogens is 5. The molecule has 0 saturated heterocycles. The third-order valence-electron chi connectivity index (χ3n) is 2.78. The van der Waals surface area contributed by atoms with E-state index in [0.717, 1.165) is 12.8 Å². The minimum Gasteiger partial charge on any atom is -0.494 e. The summed E-state index contributed by atoms with van der Waals surface area (Å²) in [5.74, 6) is -0.741. The van der Waals surface area contributed by atoms with Crippen molar-refractivity contribution in [1.29, 1.82) is 0 Å². The minimum atomic E-state index is -0.571. The molecule has 3 aromatic rings. The molecule has 10 nitrogen and oxygen atoms in total. The van der Waals surface area contributed by atoms with Gasteiger partial charge in [0.05, 0.1) is 11.1 Å². The molecule has 0 aliphatic carbocycles. The van der Waals surface area contributed by atoms with Crippen LogP contribution >= 0.6 is 0 Å². The maximum atomic E-state index is 12.0. The van der Waals surface area contributed by atoms with Gasteiger partial charge in [-0.3, -0.25) is 4.79 Å². The molecule has 10 heteroatoms. The average molecular weight is 272 g/mol. The van der Waals surface area contributed by atoms with Gasteiger partial charge in [0.25, 0.3) is 17.7 Å². The number of carbonyl (C=O) groups is 1. The summed E-state index contributed by atoms with van der Waals surface area (Å²) in [5, 5.41) is 24.4. The lowest BCUT2D eigenvalue weighted by molar-refractivity contribution is 0.101. The molecule has 0 fully saturated rings. The van der Waals surface area contributed by atoms with Gasteiger partial charge in [-0.25, -0.2) is 4.99 Å². The highest BCUT2D eigenvalue weighted by atomic mass is 16.4. The Morgan fingerprint density at radius 2 is 1.75 bits per heavy atom. The summed E-state index contributed by atoms with van der Waals surface area (Å²) in [5.41, 5.74) is 0.590. The molecular weight excluding hydrogens is 268 g/mol. The summed E-state index contributed by atoms with van der Waals surface area (Å²) in [6, 6.07) is 0. The summed E-state index contributed by atoms with van der Waals surface area (Å²) in [4.78, 5) is 18.4. The van der Waals surface area contributed by atoms with Crippen LogP contribution in [0.15, 0.2) is 26.6 Å². The van der Waals surface area contributed by atoms with Crippen LogP contribution in [0.25, 0.3) is 11.6 Å². The van der Waals surface area contributed by atoms with Gasteiger partial charge in [0.2, 0.25) is 12.8 Å². The molecule has 0 atom stereocenters. The van der Waals surface area contributed by atoms with Gasteiger partial charge in [-0.05, 0) is 0 Å². The highest BCUT2D eigenvalue weighted by Gasteiger charge is 2.36. The monoisotopic (exact) mass is 272 g/mol. The first-order chi connectivity index (χ1) is 9.75. The number of hydrogen-bond donors (Lipinski definition) is 2. The van der Waals surface area contributed by atoms with E-state index in [1.54, 1.807) is 0 Å². The first-order valence-electron chi connectivity index (χ1n) is 5.37. The lowest BCUT2D eigenvalue weighted by Crippen LogP contribution is -2.00. The predicted molar refractivity (Wildman–Crippen MR) is 60.0 cm³/mol. The molecule has 0 aromatic carbocycles. The van der Waals surface area contributed by atoms with Gasteiger partial charge in [0, 0.05) is 0 Å². The van der Waals surface area contributed by atoms with Crippen molar-refractivity contribution in [2.75, 3.05) is 0 Å². The molecular formula is C10H4N6O4. The van der Waals surface area contributed by atoms with Gasteiger partial charge in [-0.1, -0.05) is 0 Å². The van der Waals surface area contributed by atoms with E-state index in [4.69, 9.17) is 8.83 Å². The zero-order chi connectivity index (χ0) is 13.7. The van der Waals surface area contributed by atoms with Crippen LogP contribution < -0.4 is 0 Å². The minimum absolute atomic E-state index is 0.0310. The molecule has 3 aromatic heterocycles. The van der Waals surface area contributed by atoms with Crippen molar-refractivity contribution in [2.45, 2.75) is 0 Å². The van der Waals surface area contributed by atoms with E-state index in [0.29, 0.717) is 0 Å². The second-order valence-electron chi connectivity index (χ2n) is 3.85. The fraction of sp³-hybridized carbons (Fsp3) is 0. The zero-order valence-corrected chi connectivity index (χ0v) is 9.56. The number of nitrogens with zero attached hydrogens (tertiary/aromatic N) is 5. The van der Waals surface area contributed by atoms with Crippen LogP contribution in [0.4, 0.5) is 0 Å². The van der Waals surface area contributed by atoms with Gasteiger partial charge in [0.15, 0.2) is 5.88 Å². The van der Waals surface area contributed by atoms with Crippen molar-refractivity contribution in [3.05, 3.63) is 29.8 Å². The number of fused-ring (bicyclic) bond motifs is 1. The normalized spacial score (nSPS) is 13.6. The summed E-state index contributed by atoms with van der Waals surface area (Å²) < 4.78 is 10.0. The highest BCUT2D eigenvalue weighted by Crippen LogP contribution is 2.36. The lowest BCUT2D eigenvalue weighted by Gasteiger charge is -1.93. The Hall–Kier alpha value is -3.30. The topological polar surface area (TPSA) is 143 Å². The summed E-state index contributed by atoms with van der Waals surface area (Å²) >= 11 is 0. The van der Waals surface area contributed by atoms with Crippen LogP contribution in [0.1, 0.15) is 21.8 Å². The molecule has 1 aliphatic heterocycles. The SMILES string of the molecule is O=C1N=C(c2nnco2)c2c(O)[nH]c(-c3nnco3)c21. The smallest absolute Gasteiger partial charge is 0.280 e. The summed E-state index contributed by atoms with van der Waals surface area (Å²) in [6.07, 6.45) is 2.21. The van der Waals surface area contributed by atoms with E-state index in [9.17, 15) is 9.90 Å². The van der Waals surface area contributed by atoms with Crippen molar-refractivity contribution in [1.82, 2.24) is 25.4 Å². The fourth-order valence-corrected chi connectivity index (χ4v) is 2.02. The largest absolute Gasteiger partial charge is 0.494 e. The molecule has 0 unspecified atom stereocenters. The molecule has 20 heavy (non-hydrogen) atoms. The van der Waals surface area contributed by atoms with Crippen molar-refractivity contribution in [3.63, 3.8) is 0 Å². The van der Waals surface area contributed by atoms with Crippen LogP contribution in [0.5, 0.6) is 5.88 Å². The predicted octanol–water partition coefficient (Wildman–Crippen LogP) is 0.144. The number of hydrogen-bond acceptors (Lipinski definition) is 8. The molecule has 0 saturated carbocycles. The quantitative estimate of drug-likeness (QED) is 0.670. The second-order valence-corrected chi connectivity index (χ2v) is 3.85. The number of carbonyl (C=O) groups excluding carboxylic acids is 1. The van der Waals surface area contributed by atoms with Gasteiger partial charge in [-0.15, -0.1) is 20.4 Å². The third kappa shape index (κ3) is 1.27. The maximum absolute atomic E-state index is 12.0. The molecule has 0 radical (unpaired) electrons. The number of rotatable bonds is 2. The summed E-state index contributed by atoms with van der Waals surface area (Å²) in [7, 11) is 0. The number of aromatic hydroxyl groups is 1. The fourth-order valence-electron chi connectivity index (χ4n) is 2.02. The van der Waals surface area contributed by atoms with E-state index in [1.807, 2.05) is 0 Å². The van der Waals surface area contributed by atoms with Gasteiger partial charge in [0.1, 0.15) is 11.4 Å². The summed E-state index contributed by atoms with van der Waals surface area (Å²) in [6.45, 7) is 0. The number of H-pyrrole nitrogens is 1. The van der Waals surface area contributed by atoms with E-state index >= 15 is 0 Å². The van der Waals surface area contributed by atoms with Crippen molar-refractivity contribution < 1.29 is 18.7 Å². The molecule has 2 N–H and O–H groups in total. The Kier molecular flexibility index (Phi) is 1.91. The Bertz CT molecular complexity index is 830. The maximum Gasteiger partial charge on any atom is 0.280 e. The highest BCUT2D eigenvalue weighted by molar-refractivity contribution is 6.28. The molecule has 4 rings (SSSR count). The molecule has 1 amide bonds. The third-order valence-corrected chi connectivity index (χ3v) is 2.78. The van der Waals surface area contributed by atoms with Crippen molar-refractivity contribution in [3.8, 4) is 17.5 Å². The van der Waals surface area contributed by atoms with E-state index in [1.165, 1.54) is 0 Å². The van der Waals surface area contributed by atoms with E-state index in [-0.39, 0.29) is 40.2 Å². The van der Waals surface area contributed by atoms with Gasteiger partial charge < -0.3 is 18.9 Å². The molecule has 98 valence electrons. The lowest BCUT2D eigenvalue weighted by atomic mass is 10.1. The van der Waals surface area contributed by atoms with Crippen LogP contribution in [-0.4, -0.2) is 42.1 Å². The molecule has 0 spiro atoms. The molecule has 4 heterocycles. The average Bonchev–Trinajstić information content (AvgIpc) is 3.17. The van der Waals surface area contributed by atoms with Gasteiger partial charge >= 0.3 is 0 Å². The second kappa shape index (κ2) is 3.60. The Morgan fingerprint density at radius 1 is 1.05 bits per heavy atom. The number of amides is 1. The van der Waals surface area contributed by atoms with Crippen molar-refractivity contribution in [2.24, 2.45) is 4.99 Å². The number of aliphatic imine (C=N–C) groups is 1. The van der Waals surface area contributed by atoms with Crippen LogP contribution in [0, 0.1) is 0 Å². The van der Waals surface area contributed by atoms with Crippen LogP contribution in [-0.2, 0) is 0 Å². The Balaban J connectivity index is 1.95. The van der Waals surface area contributed by atoms with E-state index < -0.39 is 5.91 Å². The van der Waals surface area contributed by atoms with E-state index in [2.05, 4.69) is 30.4 Å². The number of aromatic amines is 1. The van der Waals surface area contributed by atoms with Crippen molar-refractivity contribution >= 4 is 11.6 Å². The zero-order valence-electron chi connectivity index (χ0n) is 9.56. The molecule has 0 bridgehead atoms. The van der Waals surface area contributed by atoms with Gasteiger partial charge in [-0.2, -0.15) is 0 Å². The first-order valence-corrected chi connectivity index (χ1v) is 5.37.